The maximum atomic E-state index is 5.63. The molecule has 6 nitrogen and oxygen atoms in total. The molecule has 0 amide bonds. The quantitative estimate of drug-likeness (QED) is 0.433. The minimum Gasteiger partial charge on any atom is -0.410 e. The monoisotopic (exact) mass is 388 g/mol. The van der Waals surface area contributed by atoms with Crippen molar-refractivity contribution in [2.75, 3.05) is 6.26 Å². The topological polar surface area (TPSA) is 77.8 Å². The van der Waals surface area contributed by atoms with Gasteiger partial charge in [-0.15, -0.1) is 33.3 Å². The lowest BCUT2D eigenvalue weighted by molar-refractivity contribution is 0.391. The Morgan fingerprint density at radius 2 is 2.00 bits per heavy atom. The van der Waals surface area contributed by atoms with E-state index in [4.69, 9.17) is 8.94 Å². The van der Waals surface area contributed by atoms with Crippen LogP contribution in [0.2, 0.25) is 0 Å². The minimum absolute atomic E-state index is 0.474. The molecule has 0 aliphatic rings. The van der Waals surface area contributed by atoms with Gasteiger partial charge in [-0.05, 0) is 42.0 Å². The number of thiophene rings is 1. The van der Waals surface area contributed by atoms with Crippen molar-refractivity contribution in [1.82, 2.24) is 20.3 Å². The van der Waals surface area contributed by atoms with E-state index in [0.29, 0.717) is 28.6 Å². The molecule has 25 heavy (non-hydrogen) atoms. The average molecular weight is 388 g/mol. The van der Waals surface area contributed by atoms with Gasteiger partial charge < -0.3 is 8.94 Å². The average Bonchev–Trinajstić information content (AvgIpc) is 3.41. The van der Waals surface area contributed by atoms with E-state index in [1.54, 1.807) is 23.1 Å². The SMILES string of the molecule is CSc1ccc(-c2noc(CSc3nnc(-c4cccs4)o3)n2)cc1. The lowest BCUT2D eigenvalue weighted by atomic mass is 10.2. The predicted octanol–water partition coefficient (Wildman–Crippen LogP) is 4.86. The highest BCUT2D eigenvalue weighted by Gasteiger charge is 2.13. The zero-order valence-electron chi connectivity index (χ0n) is 13.1. The van der Waals surface area contributed by atoms with Crippen molar-refractivity contribution in [2.45, 2.75) is 15.9 Å². The zero-order valence-corrected chi connectivity index (χ0v) is 15.5. The summed E-state index contributed by atoms with van der Waals surface area (Å²) in [5.74, 6) is 2.09. The number of nitrogens with zero attached hydrogens (tertiary/aromatic N) is 4. The van der Waals surface area contributed by atoms with E-state index in [1.807, 2.05) is 48.0 Å². The van der Waals surface area contributed by atoms with Gasteiger partial charge in [-0.25, -0.2) is 0 Å². The van der Waals surface area contributed by atoms with Gasteiger partial charge in [0.2, 0.25) is 11.7 Å². The minimum atomic E-state index is 0.474. The smallest absolute Gasteiger partial charge is 0.277 e. The summed E-state index contributed by atoms with van der Waals surface area (Å²) in [5, 5.41) is 14.6. The molecule has 0 saturated carbocycles. The summed E-state index contributed by atoms with van der Waals surface area (Å²) in [6.45, 7) is 0. The van der Waals surface area contributed by atoms with Crippen LogP contribution in [0.3, 0.4) is 0 Å². The van der Waals surface area contributed by atoms with Crippen molar-refractivity contribution in [3.05, 3.63) is 47.7 Å². The molecule has 0 unspecified atom stereocenters. The highest BCUT2D eigenvalue weighted by Crippen LogP contribution is 2.28. The fraction of sp³-hybridized carbons (Fsp3) is 0.125. The van der Waals surface area contributed by atoms with Crippen molar-refractivity contribution < 1.29 is 8.94 Å². The molecule has 0 fully saturated rings. The lowest BCUT2D eigenvalue weighted by Crippen LogP contribution is -1.83. The molecule has 0 aliphatic carbocycles. The Balaban J connectivity index is 1.41. The maximum absolute atomic E-state index is 5.63. The van der Waals surface area contributed by atoms with Crippen LogP contribution in [0.5, 0.6) is 0 Å². The Morgan fingerprint density at radius 3 is 2.76 bits per heavy atom. The highest BCUT2D eigenvalue weighted by atomic mass is 32.2. The number of benzene rings is 1. The normalized spacial score (nSPS) is 11.1. The number of aromatic nitrogens is 4. The molecule has 0 bridgehead atoms. The second kappa shape index (κ2) is 7.42. The van der Waals surface area contributed by atoms with Gasteiger partial charge in [0.25, 0.3) is 11.1 Å². The van der Waals surface area contributed by atoms with E-state index >= 15 is 0 Å². The second-order valence-corrected chi connectivity index (χ2v) is 7.63. The van der Waals surface area contributed by atoms with Crippen LogP contribution in [-0.2, 0) is 5.75 Å². The van der Waals surface area contributed by atoms with E-state index in [1.165, 1.54) is 16.7 Å². The van der Waals surface area contributed by atoms with E-state index in [-0.39, 0.29) is 0 Å². The Labute approximate surface area is 156 Å². The van der Waals surface area contributed by atoms with Crippen LogP contribution in [0, 0.1) is 0 Å². The molecule has 9 heteroatoms. The van der Waals surface area contributed by atoms with E-state index in [2.05, 4.69) is 20.3 Å². The van der Waals surface area contributed by atoms with Crippen LogP contribution in [-0.4, -0.2) is 26.6 Å². The predicted molar refractivity (Wildman–Crippen MR) is 98.7 cm³/mol. The van der Waals surface area contributed by atoms with Crippen molar-refractivity contribution in [2.24, 2.45) is 0 Å². The molecule has 3 heterocycles. The standard InChI is InChI=1S/C16H12N4O2S3/c1-23-11-6-4-10(5-7-11)14-17-13(22-20-14)9-25-16-19-18-15(21-16)12-3-2-8-24-12/h2-8H,9H2,1H3. The maximum Gasteiger partial charge on any atom is 0.277 e. The van der Waals surface area contributed by atoms with E-state index in [9.17, 15) is 0 Å². The largest absolute Gasteiger partial charge is 0.410 e. The molecule has 0 spiro atoms. The van der Waals surface area contributed by atoms with Crippen molar-refractivity contribution in [3.63, 3.8) is 0 Å². The third-order valence-electron chi connectivity index (χ3n) is 3.27. The first-order chi connectivity index (χ1) is 12.3. The van der Waals surface area contributed by atoms with Gasteiger partial charge in [0.15, 0.2) is 0 Å². The Kier molecular flexibility index (Phi) is 4.86. The third-order valence-corrected chi connectivity index (χ3v) is 5.68. The molecule has 3 aromatic heterocycles. The molecule has 4 aromatic rings. The van der Waals surface area contributed by atoms with Gasteiger partial charge in [-0.3, -0.25) is 0 Å². The van der Waals surface area contributed by atoms with Gasteiger partial charge in [0.1, 0.15) is 0 Å². The Morgan fingerprint density at radius 1 is 1.12 bits per heavy atom. The van der Waals surface area contributed by atoms with Crippen molar-refractivity contribution in [3.8, 4) is 22.2 Å². The van der Waals surface area contributed by atoms with Crippen LogP contribution in [0.4, 0.5) is 0 Å². The van der Waals surface area contributed by atoms with Crippen LogP contribution >= 0.6 is 34.9 Å². The molecule has 1 aromatic carbocycles. The van der Waals surface area contributed by atoms with Gasteiger partial charge in [0.05, 0.1) is 10.6 Å². The van der Waals surface area contributed by atoms with Crippen LogP contribution in [0.25, 0.3) is 22.2 Å². The van der Waals surface area contributed by atoms with Crippen LogP contribution in [0.15, 0.2) is 60.8 Å². The number of rotatable bonds is 6. The van der Waals surface area contributed by atoms with Gasteiger partial charge >= 0.3 is 0 Å². The first kappa shape index (κ1) is 16.4. The number of thioether (sulfide) groups is 2. The first-order valence-corrected chi connectivity index (χ1v) is 10.4. The molecule has 4 rings (SSSR count). The second-order valence-electron chi connectivity index (χ2n) is 4.88. The molecule has 0 aliphatic heterocycles. The summed E-state index contributed by atoms with van der Waals surface area (Å²) in [5.41, 5.74) is 0.926. The summed E-state index contributed by atoms with van der Waals surface area (Å²) in [4.78, 5) is 6.56. The fourth-order valence-corrected chi connectivity index (χ4v) is 3.72. The summed E-state index contributed by atoms with van der Waals surface area (Å²) in [7, 11) is 0. The molecular formula is C16H12N4O2S3. The zero-order chi connectivity index (χ0) is 17.1. The van der Waals surface area contributed by atoms with Gasteiger partial charge in [-0.2, -0.15) is 4.98 Å². The molecule has 126 valence electrons. The summed E-state index contributed by atoms with van der Waals surface area (Å²) < 4.78 is 10.9. The summed E-state index contributed by atoms with van der Waals surface area (Å²) in [6, 6.07) is 11.9. The highest BCUT2D eigenvalue weighted by molar-refractivity contribution is 7.98. The number of hydrogen-bond acceptors (Lipinski definition) is 9. The van der Waals surface area contributed by atoms with Crippen molar-refractivity contribution >= 4 is 34.9 Å². The van der Waals surface area contributed by atoms with E-state index in [0.717, 1.165) is 10.4 Å². The van der Waals surface area contributed by atoms with Crippen LogP contribution < -0.4 is 0 Å². The molecule has 0 N–H and O–H groups in total. The third kappa shape index (κ3) is 3.78. The van der Waals surface area contributed by atoms with Gasteiger partial charge in [-0.1, -0.05) is 23.0 Å². The lowest BCUT2D eigenvalue weighted by Gasteiger charge is -1.96. The van der Waals surface area contributed by atoms with Crippen molar-refractivity contribution in [1.29, 1.82) is 0 Å². The summed E-state index contributed by atoms with van der Waals surface area (Å²) in [6.07, 6.45) is 2.04. The molecule has 0 atom stereocenters. The van der Waals surface area contributed by atoms with Crippen LogP contribution in [0.1, 0.15) is 5.89 Å². The molecule has 0 radical (unpaired) electrons. The first-order valence-electron chi connectivity index (χ1n) is 7.29. The number of hydrogen-bond donors (Lipinski definition) is 0. The fourth-order valence-electron chi connectivity index (χ4n) is 2.06. The van der Waals surface area contributed by atoms with E-state index < -0.39 is 0 Å². The molecular weight excluding hydrogens is 376 g/mol. The Bertz CT molecular complexity index is 948. The van der Waals surface area contributed by atoms with Gasteiger partial charge in [0, 0.05) is 10.5 Å². The summed E-state index contributed by atoms with van der Waals surface area (Å²) >= 11 is 4.62. The molecule has 0 saturated heterocycles. The Hall–Kier alpha value is -2.10.